The average Bonchev–Trinajstić information content (AvgIpc) is 2.34. The average molecular weight is 281 g/mol. The first-order chi connectivity index (χ1) is 8.75. The summed E-state index contributed by atoms with van der Waals surface area (Å²) < 4.78 is 37.5. The van der Waals surface area contributed by atoms with Crippen molar-refractivity contribution >= 4 is 11.9 Å². The minimum absolute atomic E-state index is 0.0511. The lowest BCUT2D eigenvalue weighted by molar-refractivity contribution is -0.185. The van der Waals surface area contributed by atoms with Gasteiger partial charge in [-0.15, -0.1) is 0 Å². The van der Waals surface area contributed by atoms with Gasteiger partial charge in [0.1, 0.15) is 6.54 Å². The van der Waals surface area contributed by atoms with Crippen LogP contribution in [0, 0.1) is 11.8 Å². The molecule has 0 unspecified atom stereocenters. The molecule has 1 saturated carbocycles. The van der Waals surface area contributed by atoms with E-state index in [9.17, 15) is 22.8 Å². The molecule has 0 radical (unpaired) electrons. The van der Waals surface area contributed by atoms with Gasteiger partial charge in [-0.3, -0.25) is 9.59 Å². The maximum Gasteiger partial charge on any atom is 0.391 e. The SMILES string of the molecule is CCN(CC(=O)O)C(=O)C1CCC(C(F)(F)F)CC1. The van der Waals surface area contributed by atoms with E-state index in [1.54, 1.807) is 6.92 Å². The smallest absolute Gasteiger partial charge is 0.391 e. The van der Waals surface area contributed by atoms with E-state index < -0.39 is 30.5 Å². The van der Waals surface area contributed by atoms with E-state index >= 15 is 0 Å². The summed E-state index contributed by atoms with van der Waals surface area (Å²) in [7, 11) is 0. The summed E-state index contributed by atoms with van der Waals surface area (Å²) in [6.07, 6.45) is -3.94. The molecule has 7 heteroatoms. The molecule has 110 valence electrons. The second kappa shape index (κ2) is 6.25. The predicted octanol–water partition coefficient (Wildman–Crippen LogP) is 2.29. The molecule has 1 amide bonds. The Morgan fingerprint density at radius 2 is 1.74 bits per heavy atom. The van der Waals surface area contributed by atoms with Gasteiger partial charge >= 0.3 is 12.1 Å². The molecule has 0 bridgehead atoms. The Kier molecular flexibility index (Phi) is 5.20. The number of carboxylic acid groups (broad SMARTS) is 1. The van der Waals surface area contributed by atoms with Crippen molar-refractivity contribution in [2.75, 3.05) is 13.1 Å². The number of carbonyl (C=O) groups excluding carboxylic acids is 1. The first kappa shape index (κ1) is 15.8. The van der Waals surface area contributed by atoms with E-state index in [0.717, 1.165) is 0 Å². The molecular weight excluding hydrogens is 263 g/mol. The van der Waals surface area contributed by atoms with E-state index in [-0.39, 0.29) is 38.1 Å². The van der Waals surface area contributed by atoms with Crippen LogP contribution in [0.15, 0.2) is 0 Å². The Balaban J connectivity index is 2.54. The van der Waals surface area contributed by atoms with E-state index in [4.69, 9.17) is 5.11 Å². The summed E-state index contributed by atoms with van der Waals surface area (Å²) in [5.74, 6) is -3.26. The number of carbonyl (C=O) groups is 2. The Labute approximate surface area is 109 Å². The van der Waals surface area contributed by atoms with Crippen molar-refractivity contribution in [3.05, 3.63) is 0 Å². The highest BCUT2D eigenvalue weighted by atomic mass is 19.4. The summed E-state index contributed by atoms with van der Waals surface area (Å²) in [4.78, 5) is 23.8. The van der Waals surface area contributed by atoms with Crippen LogP contribution >= 0.6 is 0 Å². The second-order valence-corrected chi connectivity index (χ2v) is 4.84. The van der Waals surface area contributed by atoms with E-state index in [1.807, 2.05) is 0 Å². The standard InChI is InChI=1S/C12H18F3NO3/c1-2-16(7-10(17)18)11(19)8-3-5-9(6-4-8)12(13,14)15/h8-9H,2-7H2,1H3,(H,17,18). The molecule has 4 nitrogen and oxygen atoms in total. The van der Waals surface area contributed by atoms with Crippen LogP contribution < -0.4 is 0 Å². The fourth-order valence-corrected chi connectivity index (χ4v) is 2.43. The van der Waals surface area contributed by atoms with Crippen LogP contribution in [0.2, 0.25) is 0 Å². The molecule has 0 spiro atoms. The zero-order chi connectivity index (χ0) is 14.6. The molecule has 1 fully saturated rings. The van der Waals surface area contributed by atoms with Crippen molar-refractivity contribution in [2.45, 2.75) is 38.8 Å². The van der Waals surface area contributed by atoms with Crippen molar-refractivity contribution in [2.24, 2.45) is 11.8 Å². The molecule has 0 aromatic rings. The summed E-state index contributed by atoms with van der Waals surface area (Å²) in [6, 6.07) is 0. The minimum Gasteiger partial charge on any atom is -0.480 e. The summed E-state index contributed by atoms with van der Waals surface area (Å²) in [5.41, 5.74) is 0. The first-order valence-electron chi connectivity index (χ1n) is 6.33. The van der Waals surface area contributed by atoms with Crippen molar-refractivity contribution in [3.8, 4) is 0 Å². The molecule has 0 atom stereocenters. The molecule has 19 heavy (non-hydrogen) atoms. The Morgan fingerprint density at radius 3 is 2.11 bits per heavy atom. The van der Waals surface area contributed by atoms with Crippen LogP contribution in [0.25, 0.3) is 0 Å². The highest BCUT2D eigenvalue weighted by Crippen LogP contribution is 2.39. The maximum atomic E-state index is 12.5. The van der Waals surface area contributed by atoms with Crippen LogP contribution in [0.5, 0.6) is 0 Å². The predicted molar refractivity (Wildman–Crippen MR) is 61.4 cm³/mol. The molecule has 0 heterocycles. The van der Waals surface area contributed by atoms with Crippen LogP contribution in [0.3, 0.4) is 0 Å². The van der Waals surface area contributed by atoms with E-state index in [2.05, 4.69) is 0 Å². The summed E-state index contributed by atoms with van der Waals surface area (Å²) >= 11 is 0. The number of likely N-dealkylation sites (N-methyl/N-ethyl adjacent to an activating group) is 1. The third kappa shape index (κ3) is 4.40. The third-order valence-corrected chi connectivity index (χ3v) is 3.56. The van der Waals surface area contributed by atoms with Gasteiger partial charge in [0.05, 0.1) is 5.92 Å². The highest BCUT2D eigenvalue weighted by molar-refractivity contribution is 5.83. The maximum absolute atomic E-state index is 12.5. The van der Waals surface area contributed by atoms with Crippen LogP contribution in [0.4, 0.5) is 13.2 Å². The van der Waals surface area contributed by atoms with Gasteiger partial charge in [0.25, 0.3) is 0 Å². The molecule has 1 N–H and O–H groups in total. The molecular formula is C12H18F3NO3. The van der Waals surface area contributed by atoms with Gasteiger partial charge in [-0.05, 0) is 32.6 Å². The second-order valence-electron chi connectivity index (χ2n) is 4.84. The molecule has 1 aliphatic carbocycles. The monoisotopic (exact) mass is 281 g/mol. The van der Waals surface area contributed by atoms with Crippen molar-refractivity contribution in [3.63, 3.8) is 0 Å². The van der Waals surface area contributed by atoms with Gasteiger partial charge in [-0.25, -0.2) is 0 Å². The van der Waals surface area contributed by atoms with E-state index in [0.29, 0.717) is 0 Å². The molecule has 1 rings (SSSR count). The van der Waals surface area contributed by atoms with E-state index in [1.165, 1.54) is 4.90 Å². The summed E-state index contributed by atoms with van der Waals surface area (Å²) in [5, 5.41) is 8.67. The Morgan fingerprint density at radius 1 is 1.21 bits per heavy atom. The molecule has 0 aliphatic heterocycles. The minimum atomic E-state index is -4.19. The van der Waals surface area contributed by atoms with Crippen LogP contribution in [-0.2, 0) is 9.59 Å². The molecule has 1 aliphatic rings. The lowest BCUT2D eigenvalue weighted by atomic mass is 9.81. The molecule has 0 aromatic carbocycles. The van der Waals surface area contributed by atoms with Gasteiger partial charge in [0.15, 0.2) is 0 Å². The number of hydrogen-bond donors (Lipinski definition) is 1. The van der Waals surface area contributed by atoms with Crippen molar-refractivity contribution < 1.29 is 27.9 Å². The van der Waals surface area contributed by atoms with Gasteiger partial charge in [0.2, 0.25) is 5.91 Å². The van der Waals surface area contributed by atoms with Gasteiger partial charge in [0, 0.05) is 12.5 Å². The lowest BCUT2D eigenvalue weighted by Crippen LogP contribution is -2.41. The molecule has 0 aromatic heterocycles. The molecule has 0 saturated heterocycles. The quantitative estimate of drug-likeness (QED) is 0.860. The number of amides is 1. The topological polar surface area (TPSA) is 57.6 Å². The Hall–Kier alpha value is -1.27. The number of carboxylic acids is 1. The highest BCUT2D eigenvalue weighted by Gasteiger charge is 2.42. The zero-order valence-corrected chi connectivity index (χ0v) is 10.7. The van der Waals surface area contributed by atoms with Crippen LogP contribution in [0.1, 0.15) is 32.6 Å². The van der Waals surface area contributed by atoms with Gasteiger partial charge in [-0.2, -0.15) is 13.2 Å². The number of hydrogen-bond acceptors (Lipinski definition) is 2. The number of nitrogens with zero attached hydrogens (tertiary/aromatic N) is 1. The number of aliphatic carboxylic acids is 1. The third-order valence-electron chi connectivity index (χ3n) is 3.56. The lowest BCUT2D eigenvalue weighted by Gasteiger charge is -2.31. The normalized spacial score (nSPS) is 24.0. The Bertz CT molecular complexity index is 336. The van der Waals surface area contributed by atoms with Gasteiger partial charge < -0.3 is 10.0 Å². The zero-order valence-electron chi connectivity index (χ0n) is 10.7. The fourth-order valence-electron chi connectivity index (χ4n) is 2.43. The van der Waals surface area contributed by atoms with Crippen LogP contribution in [-0.4, -0.2) is 41.1 Å². The van der Waals surface area contributed by atoms with Crippen molar-refractivity contribution in [1.29, 1.82) is 0 Å². The largest absolute Gasteiger partial charge is 0.480 e. The number of halogens is 3. The van der Waals surface area contributed by atoms with Crippen molar-refractivity contribution in [1.82, 2.24) is 4.90 Å². The summed E-state index contributed by atoms with van der Waals surface area (Å²) in [6.45, 7) is 1.51. The number of rotatable bonds is 4. The first-order valence-corrected chi connectivity index (χ1v) is 6.33. The number of alkyl halides is 3. The fraction of sp³-hybridized carbons (Fsp3) is 0.833. The van der Waals surface area contributed by atoms with Gasteiger partial charge in [-0.1, -0.05) is 0 Å².